The van der Waals surface area contributed by atoms with E-state index in [-0.39, 0.29) is 18.6 Å². The van der Waals surface area contributed by atoms with Gasteiger partial charge in [0.15, 0.2) is 0 Å². The summed E-state index contributed by atoms with van der Waals surface area (Å²) in [4.78, 5) is 13.3. The molecule has 0 spiro atoms. The smallest absolute Gasteiger partial charge is 0.222 e. The largest absolute Gasteiger partial charge is 0.390 e. The third kappa shape index (κ3) is 2.06. The second-order valence-corrected chi connectivity index (χ2v) is 3.98. The number of hydrogen-bond acceptors (Lipinski definition) is 4. The van der Waals surface area contributed by atoms with Gasteiger partial charge in [0.2, 0.25) is 5.91 Å². The van der Waals surface area contributed by atoms with Crippen LogP contribution < -0.4 is 0 Å². The predicted molar refractivity (Wildman–Crippen MR) is 56.5 cm³/mol. The standard InChI is InChI=1S/C10H16N4O2/c1-2-10(16)13-4-3-9(6-13)14-5-8(7-15)11-12-14/h5,9,15H,2-4,6-7H2,1H3/t9-/m1/s1. The van der Waals surface area contributed by atoms with Gasteiger partial charge >= 0.3 is 0 Å². The van der Waals surface area contributed by atoms with Crippen molar-refractivity contribution in [1.82, 2.24) is 19.9 Å². The van der Waals surface area contributed by atoms with Crippen molar-refractivity contribution < 1.29 is 9.90 Å². The number of hydrogen-bond donors (Lipinski definition) is 1. The number of aliphatic hydroxyl groups excluding tert-OH is 1. The number of rotatable bonds is 3. The monoisotopic (exact) mass is 224 g/mol. The van der Waals surface area contributed by atoms with E-state index in [1.54, 1.807) is 10.9 Å². The second kappa shape index (κ2) is 4.61. The SMILES string of the molecule is CCC(=O)N1CC[C@@H](n2cc(CO)nn2)C1. The predicted octanol–water partition coefficient (Wildman–Crippen LogP) is -0.0462. The van der Waals surface area contributed by atoms with Crippen LogP contribution in [0.25, 0.3) is 0 Å². The number of amides is 1. The van der Waals surface area contributed by atoms with Crippen LogP contribution in [0.5, 0.6) is 0 Å². The van der Waals surface area contributed by atoms with Crippen LogP contribution in [0.2, 0.25) is 0 Å². The van der Waals surface area contributed by atoms with Crippen LogP contribution in [0.15, 0.2) is 6.20 Å². The van der Waals surface area contributed by atoms with E-state index in [0.717, 1.165) is 13.0 Å². The minimum absolute atomic E-state index is 0.0929. The Balaban J connectivity index is 2.00. The molecule has 16 heavy (non-hydrogen) atoms. The van der Waals surface area contributed by atoms with E-state index >= 15 is 0 Å². The zero-order chi connectivity index (χ0) is 11.5. The van der Waals surface area contributed by atoms with Crippen molar-refractivity contribution >= 4 is 5.91 Å². The van der Waals surface area contributed by atoms with Crippen LogP contribution in [0.4, 0.5) is 0 Å². The van der Waals surface area contributed by atoms with Crippen LogP contribution in [-0.2, 0) is 11.4 Å². The molecule has 1 N–H and O–H groups in total. The van der Waals surface area contributed by atoms with E-state index in [1.807, 2.05) is 11.8 Å². The van der Waals surface area contributed by atoms with E-state index in [0.29, 0.717) is 18.7 Å². The van der Waals surface area contributed by atoms with Crippen molar-refractivity contribution in [2.24, 2.45) is 0 Å². The van der Waals surface area contributed by atoms with Gasteiger partial charge in [0.25, 0.3) is 0 Å². The molecule has 0 aromatic carbocycles. The van der Waals surface area contributed by atoms with E-state index < -0.39 is 0 Å². The van der Waals surface area contributed by atoms with Gasteiger partial charge in [-0.05, 0) is 6.42 Å². The number of aromatic nitrogens is 3. The van der Waals surface area contributed by atoms with E-state index in [4.69, 9.17) is 5.11 Å². The lowest BCUT2D eigenvalue weighted by Crippen LogP contribution is -2.28. The molecule has 88 valence electrons. The fourth-order valence-corrected chi connectivity index (χ4v) is 1.97. The molecule has 6 nitrogen and oxygen atoms in total. The van der Waals surface area contributed by atoms with Gasteiger partial charge in [-0.3, -0.25) is 4.79 Å². The number of nitrogens with zero attached hydrogens (tertiary/aromatic N) is 4. The first-order valence-corrected chi connectivity index (χ1v) is 5.54. The first-order chi connectivity index (χ1) is 7.74. The molecule has 6 heteroatoms. The van der Waals surface area contributed by atoms with Crippen molar-refractivity contribution in [2.75, 3.05) is 13.1 Å². The normalized spacial score (nSPS) is 20.4. The summed E-state index contributed by atoms with van der Waals surface area (Å²) in [6.45, 7) is 3.26. The van der Waals surface area contributed by atoms with E-state index in [1.165, 1.54) is 0 Å². The molecule has 0 aliphatic carbocycles. The summed E-state index contributed by atoms with van der Waals surface area (Å²) in [6, 6.07) is 0.197. The quantitative estimate of drug-likeness (QED) is 0.781. The van der Waals surface area contributed by atoms with Crippen LogP contribution >= 0.6 is 0 Å². The maximum Gasteiger partial charge on any atom is 0.222 e. The lowest BCUT2D eigenvalue weighted by Gasteiger charge is -2.15. The van der Waals surface area contributed by atoms with Gasteiger partial charge in [-0.2, -0.15) is 0 Å². The van der Waals surface area contributed by atoms with Crippen molar-refractivity contribution in [2.45, 2.75) is 32.4 Å². The minimum atomic E-state index is -0.0929. The topological polar surface area (TPSA) is 71.2 Å². The molecule has 0 radical (unpaired) electrons. The summed E-state index contributed by atoms with van der Waals surface area (Å²) in [5, 5.41) is 16.7. The molecule has 2 rings (SSSR count). The molecule has 1 aromatic rings. The third-order valence-electron chi connectivity index (χ3n) is 2.91. The lowest BCUT2D eigenvalue weighted by atomic mass is 10.3. The van der Waals surface area contributed by atoms with Gasteiger partial charge in [-0.25, -0.2) is 4.68 Å². The van der Waals surface area contributed by atoms with Gasteiger partial charge in [0.1, 0.15) is 5.69 Å². The molecule has 2 heterocycles. The maximum absolute atomic E-state index is 11.5. The van der Waals surface area contributed by atoms with E-state index in [9.17, 15) is 4.79 Å². The number of likely N-dealkylation sites (tertiary alicyclic amines) is 1. The Morgan fingerprint density at radius 2 is 2.50 bits per heavy atom. The first-order valence-electron chi connectivity index (χ1n) is 5.54. The van der Waals surface area contributed by atoms with Gasteiger partial charge in [0, 0.05) is 19.5 Å². The van der Waals surface area contributed by atoms with Crippen molar-refractivity contribution in [3.05, 3.63) is 11.9 Å². The zero-order valence-corrected chi connectivity index (χ0v) is 9.33. The van der Waals surface area contributed by atoms with Gasteiger partial charge in [-0.15, -0.1) is 5.10 Å². The Bertz CT molecular complexity index is 377. The van der Waals surface area contributed by atoms with Crippen LogP contribution in [-0.4, -0.2) is 44.0 Å². The molecular formula is C10H16N4O2. The molecular weight excluding hydrogens is 208 g/mol. The summed E-state index contributed by atoms with van der Waals surface area (Å²) < 4.78 is 1.74. The van der Waals surface area contributed by atoms with Gasteiger partial charge in [-0.1, -0.05) is 12.1 Å². The van der Waals surface area contributed by atoms with Crippen molar-refractivity contribution in [3.8, 4) is 0 Å². The summed E-state index contributed by atoms with van der Waals surface area (Å²) in [6.07, 6.45) is 3.19. The Morgan fingerprint density at radius 3 is 3.12 bits per heavy atom. The highest BCUT2D eigenvalue weighted by Crippen LogP contribution is 2.21. The Kier molecular flexibility index (Phi) is 3.19. The Morgan fingerprint density at radius 1 is 1.69 bits per heavy atom. The van der Waals surface area contributed by atoms with Crippen LogP contribution in [0.1, 0.15) is 31.5 Å². The number of carbonyl (C=O) groups is 1. The highest BCUT2D eigenvalue weighted by molar-refractivity contribution is 5.76. The van der Waals surface area contributed by atoms with Crippen molar-refractivity contribution in [1.29, 1.82) is 0 Å². The number of carbonyl (C=O) groups excluding carboxylic acids is 1. The minimum Gasteiger partial charge on any atom is -0.390 e. The van der Waals surface area contributed by atoms with Crippen LogP contribution in [0, 0.1) is 0 Å². The summed E-state index contributed by atoms with van der Waals surface area (Å²) in [5.41, 5.74) is 0.570. The van der Waals surface area contributed by atoms with Gasteiger partial charge in [0.05, 0.1) is 18.8 Å². The maximum atomic E-state index is 11.5. The van der Waals surface area contributed by atoms with Gasteiger partial charge < -0.3 is 10.0 Å². The summed E-state index contributed by atoms with van der Waals surface area (Å²) in [5.74, 6) is 0.185. The molecule has 0 saturated carbocycles. The third-order valence-corrected chi connectivity index (χ3v) is 2.91. The second-order valence-electron chi connectivity index (χ2n) is 3.98. The van der Waals surface area contributed by atoms with Crippen molar-refractivity contribution in [3.63, 3.8) is 0 Å². The fourth-order valence-electron chi connectivity index (χ4n) is 1.97. The summed E-state index contributed by atoms with van der Waals surface area (Å²) in [7, 11) is 0. The molecule has 1 amide bonds. The molecule has 1 atom stereocenters. The molecule has 0 unspecified atom stereocenters. The lowest BCUT2D eigenvalue weighted by molar-refractivity contribution is -0.129. The molecule has 1 aromatic heterocycles. The number of aliphatic hydroxyl groups is 1. The first kappa shape index (κ1) is 11.1. The molecule has 1 aliphatic heterocycles. The molecule has 1 aliphatic rings. The Labute approximate surface area is 93.9 Å². The highest BCUT2D eigenvalue weighted by atomic mass is 16.3. The molecule has 1 fully saturated rings. The average Bonchev–Trinajstić information content (AvgIpc) is 2.95. The average molecular weight is 224 g/mol. The van der Waals surface area contributed by atoms with Crippen LogP contribution in [0.3, 0.4) is 0 Å². The molecule has 1 saturated heterocycles. The Hall–Kier alpha value is -1.43. The highest BCUT2D eigenvalue weighted by Gasteiger charge is 2.27. The summed E-state index contributed by atoms with van der Waals surface area (Å²) >= 11 is 0. The fraction of sp³-hybridized carbons (Fsp3) is 0.700. The zero-order valence-electron chi connectivity index (χ0n) is 9.33. The molecule has 0 bridgehead atoms. The van der Waals surface area contributed by atoms with E-state index in [2.05, 4.69) is 10.3 Å².